The number of hydrogen-bond acceptors (Lipinski definition) is 4. The lowest BCUT2D eigenvalue weighted by Crippen LogP contribution is -2.00. The average molecular weight is 328 g/mol. The number of nitro benzene ring substituents is 1. The second-order valence-electron chi connectivity index (χ2n) is 3.90. The van der Waals surface area contributed by atoms with Gasteiger partial charge in [0.1, 0.15) is 10.8 Å². The molecular formula is C13H7Cl2NO5. The van der Waals surface area contributed by atoms with Crippen molar-refractivity contribution < 1.29 is 19.6 Å². The van der Waals surface area contributed by atoms with Crippen molar-refractivity contribution in [3.05, 3.63) is 62.1 Å². The first-order valence-corrected chi connectivity index (χ1v) is 6.29. The van der Waals surface area contributed by atoms with Crippen molar-refractivity contribution >= 4 is 34.9 Å². The fourth-order valence-electron chi connectivity index (χ4n) is 1.56. The van der Waals surface area contributed by atoms with Gasteiger partial charge in [0.25, 0.3) is 0 Å². The lowest BCUT2D eigenvalue weighted by Gasteiger charge is -2.09. The summed E-state index contributed by atoms with van der Waals surface area (Å²) in [6, 6.07) is 7.90. The largest absolute Gasteiger partial charge is 0.478 e. The Balaban J connectivity index is 2.46. The quantitative estimate of drug-likeness (QED) is 0.664. The zero-order valence-electron chi connectivity index (χ0n) is 10.2. The van der Waals surface area contributed by atoms with E-state index >= 15 is 0 Å². The first-order chi connectivity index (χ1) is 9.90. The minimum absolute atomic E-state index is 0.107. The van der Waals surface area contributed by atoms with E-state index in [4.69, 9.17) is 33.0 Å². The zero-order chi connectivity index (χ0) is 15.6. The maximum absolute atomic E-state index is 11.0. The third-order valence-electron chi connectivity index (χ3n) is 2.54. The molecule has 0 spiro atoms. The standard InChI is InChI=1S/C13H7Cl2NO5/c14-8-2-1-3-11(12(8)15)21-10-5-4-7(13(17)18)6-9(10)16(19)20/h1-6H,(H,17,18). The van der Waals surface area contributed by atoms with Gasteiger partial charge >= 0.3 is 11.7 Å². The summed E-state index contributed by atoms with van der Waals surface area (Å²) in [7, 11) is 0. The van der Waals surface area contributed by atoms with Gasteiger partial charge in [-0.2, -0.15) is 0 Å². The zero-order valence-corrected chi connectivity index (χ0v) is 11.8. The van der Waals surface area contributed by atoms with Crippen LogP contribution >= 0.6 is 23.2 Å². The molecule has 0 bridgehead atoms. The summed E-state index contributed by atoms with van der Waals surface area (Å²) < 4.78 is 5.37. The molecule has 8 heteroatoms. The van der Waals surface area contributed by atoms with Gasteiger partial charge in [0.2, 0.25) is 5.75 Å². The minimum Gasteiger partial charge on any atom is -0.478 e. The van der Waals surface area contributed by atoms with E-state index in [1.165, 1.54) is 18.2 Å². The van der Waals surface area contributed by atoms with Crippen LogP contribution in [0.5, 0.6) is 11.5 Å². The van der Waals surface area contributed by atoms with Gasteiger partial charge in [-0.15, -0.1) is 0 Å². The van der Waals surface area contributed by atoms with Crippen molar-refractivity contribution in [3.63, 3.8) is 0 Å². The molecule has 2 rings (SSSR count). The molecule has 2 aromatic carbocycles. The number of carboxylic acids is 1. The van der Waals surface area contributed by atoms with Gasteiger partial charge in [-0.05, 0) is 24.3 Å². The van der Waals surface area contributed by atoms with Crippen LogP contribution in [0.3, 0.4) is 0 Å². The van der Waals surface area contributed by atoms with Crippen molar-refractivity contribution in [1.82, 2.24) is 0 Å². The summed E-state index contributed by atoms with van der Waals surface area (Å²) >= 11 is 11.8. The van der Waals surface area contributed by atoms with Crippen molar-refractivity contribution in [3.8, 4) is 11.5 Å². The lowest BCUT2D eigenvalue weighted by atomic mass is 10.2. The van der Waals surface area contributed by atoms with E-state index in [2.05, 4.69) is 0 Å². The number of carboxylic acid groups (broad SMARTS) is 1. The van der Waals surface area contributed by atoms with Crippen LogP contribution in [0.25, 0.3) is 0 Å². The molecule has 6 nitrogen and oxygen atoms in total. The topological polar surface area (TPSA) is 89.7 Å². The second-order valence-corrected chi connectivity index (χ2v) is 4.68. The second kappa shape index (κ2) is 5.99. The van der Waals surface area contributed by atoms with Gasteiger partial charge < -0.3 is 9.84 Å². The van der Waals surface area contributed by atoms with E-state index in [-0.39, 0.29) is 27.1 Å². The highest BCUT2D eigenvalue weighted by atomic mass is 35.5. The van der Waals surface area contributed by atoms with Gasteiger partial charge in [0, 0.05) is 6.07 Å². The fraction of sp³-hybridized carbons (Fsp3) is 0. The minimum atomic E-state index is -1.27. The van der Waals surface area contributed by atoms with Crippen LogP contribution in [0.4, 0.5) is 5.69 Å². The summed E-state index contributed by atoms with van der Waals surface area (Å²) in [5.41, 5.74) is -0.697. The van der Waals surface area contributed by atoms with E-state index in [1.54, 1.807) is 12.1 Å². The van der Waals surface area contributed by atoms with Gasteiger partial charge in [-0.25, -0.2) is 4.79 Å². The molecule has 0 radical (unpaired) electrons. The van der Waals surface area contributed by atoms with Crippen molar-refractivity contribution in [2.24, 2.45) is 0 Å². The summed E-state index contributed by atoms with van der Waals surface area (Å²) in [4.78, 5) is 21.1. The Morgan fingerprint density at radius 1 is 1.19 bits per heavy atom. The fourth-order valence-corrected chi connectivity index (χ4v) is 1.89. The number of nitrogens with zero attached hydrogens (tertiary/aromatic N) is 1. The molecular weight excluding hydrogens is 321 g/mol. The molecule has 0 aliphatic carbocycles. The Bertz CT molecular complexity index is 732. The van der Waals surface area contributed by atoms with Gasteiger partial charge in [0.05, 0.1) is 15.5 Å². The van der Waals surface area contributed by atoms with Crippen molar-refractivity contribution in [2.45, 2.75) is 0 Å². The maximum Gasteiger partial charge on any atom is 0.335 e. The van der Waals surface area contributed by atoms with Crippen LogP contribution in [-0.4, -0.2) is 16.0 Å². The van der Waals surface area contributed by atoms with E-state index in [0.717, 1.165) is 6.07 Å². The summed E-state index contributed by atoms with van der Waals surface area (Å²) in [6.07, 6.45) is 0. The third-order valence-corrected chi connectivity index (χ3v) is 3.34. The van der Waals surface area contributed by atoms with Crippen LogP contribution in [0.1, 0.15) is 10.4 Å². The normalized spacial score (nSPS) is 10.2. The van der Waals surface area contributed by atoms with Crippen molar-refractivity contribution in [1.29, 1.82) is 0 Å². The molecule has 0 atom stereocenters. The summed E-state index contributed by atoms with van der Waals surface area (Å²) in [5.74, 6) is -1.27. The van der Waals surface area contributed by atoms with Crippen LogP contribution in [0.2, 0.25) is 10.0 Å². The van der Waals surface area contributed by atoms with Crippen LogP contribution in [0, 0.1) is 10.1 Å². The highest BCUT2D eigenvalue weighted by Crippen LogP contribution is 2.38. The third kappa shape index (κ3) is 3.24. The molecule has 21 heavy (non-hydrogen) atoms. The molecule has 0 saturated carbocycles. The average Bonchev–Trinajstić information content (AvgIpc) is 2.43. The van der Waals surface area contributed by atoms with Gasteiger partial charge in [-0.1, -0.05) is 29.3 Å². The molecule has 0 aliphatic rings. The molecule has 0 unspecified atom stereocenters. The smallest absolute Gasteiger partial charge is 0.335 e. The van der Waals surface area contributed by atoms with E-state index < -0.39 is 16.6 Å². The molecule has 0 fully saturated rings. The molecule has 2 aromatic rings. The Hall–Kier alpha value is -2.31. The first kappa shape index (κ1) is 15.1. The SMILES string of the molecule is O=C(O)c1ccc(Oc2cccc(Cl)c2Cl)c([N+](=O)[O-])c1. The Morgan fingerprint density at radius 2 is 1.90 bits per heavy atom. The van der Waals surface area contributed by atoms with E-state index in [9.17, 15) is 14.9 Å². The van der Waals surface area contributed by atoms with Crippen molar-refractivity contribution in [2.75, 3.05) is 0 Å². The highest BCUT2D eigenvalue weighted by Gasteiger charge is 2.20. The van der Waals surface area contributed by atoms with Crippen LogP contribution < -0.4 is 4.74 Å². The van der Waals surface area contributed by atoms with Gasteiger partial charge in [0.15, 0.2) is 0 Å². The first-order valence-electron chi connectivity index (χ1n) is 5.53. The Labute approximate surface area is 128 Å². The summed E-state index contributed by atoms with van der Waals surface area (Å²) in [6.45, 7) is 0. The van der Waals surface area contributed by atoms with Gasteiger partial charge in [-0.3, -0.25) is 10.1 Å². The molecule has 0 heterocycles. The number of rotatable bonds is 4. The number of carbonyl (C=O) groups is 1. The lowest BCUT2D eigenvalue weighted by molar-refractivity contribution is -0.385. The molecule has 0 amide bonds. The number of nitro groups is 1. The molecule has 1 N–H and O–H groups in total. The van der Waals surface area contributed by atoms with E-state index in [0.29, 0.717) is 0 Å². The predicted octanol–water partition coefficient (Wildman–Crippen LogP) is 4.39. The number of hydrogen-bond donors (Lipinski definition) is 1. The molecule has 0 aliphatic heterocycles. The monoisotopic (exact) mass is 327 g/mol. The van der Waals surface area contributed by atoms with Crippen LogP contribution in [-0.2, 0) is 0 Å². The summed E-state index contributed by atoms with van der Waals surface area (Å²) in [5, 5.41) is 20.2. The molecule has 0 saturated heterocycles. The van der Waals surface area contributed by atoms with Crippen LogP contribution in [0.15, 0.2) is 36.4 Å². The highest BCUT2D eigenvalue weighted by molar-refractivity contribution is 6.42. The Kier molecular flexibility index (Phi) is 4.30. The number of ether oxygens (including phenoxy) is 1. The number of aromatic carboxylic acids is 1. The molecule has 108 valence electrons. The maximum atomic E-state index is 11.0. The molecule has 0 aromatic heterocycles. The van der Waals surface area contributed by atoms with E-state index in [1.807, 2.05) is 0 Å². The number of benzene rings is 2. The predicted molar refractivity (Wildman–Crippen MR) is 76.6 cm³/mol. The number of halogens is 2. The Morgan fingerprint density at radius 3 is 2.52 bits per heavy atom.